The van der Waals surface area contributed by atoms with Crippen molar-refractivity contribution in [3.63, 3.8) is 0 Å². The Labute approximate surface area is 177 Å². The first-order valence-corrected chi connectivity index (χ1v) is 11.6. The molecule has 2 aliphatic rings. The van der Waals surface area contributed by atoms with Crippen molar-refractivity contribution in [1.29, 1.82) is 0 Å². The SMILES string of the molecule is COc1ccc(N2CCN(CCCNC(=O)c3csc4c3CCCC4)CC2)cc1. The van der Waals surface area contributed by atoms with Gasteiger partial charge < -0.3 is 15.0 Å². The molecule has 4 rings (SSSR count). The number of carbonyl (C=O) groups is 1. The minimum atomic E-state index is 0.119. The molecule has 2 heterocycles. The number of ether oxygens (including phenoxy) is 1. The maximum atomic E-state index is 12.5. The Hall–Kier alpha value is -2.05. The lowest BCUT2D eigenvalue weighted by Gasteiger charge is -2.36. The topological polar surface area (TPSA) is 44.8 Å². The van der Waals surface area contributed by atoms with E-state index in [0.29, 0.717) is 0 Å². The van der Waals surface area contributed by atoms with Gasteiger partial charge in [0.25, 0.3) is 5.91 Å². The molecule has 1 amide bonds. The summed E-state index contributed by atoms with van der Waals surface area (Å²) >= 11 is 1.76. The second-order valence-electron chi connectivity index (χ2n) is 7.89. The molecular formula is C23H31N3O2S. The number of aryl methyl sites for hydroxylation is 1. The van der Waals surface area contributed by atoms with E-state index in [1.807, 2.05) is 12.1 Å². The maximum Gasteiger partial charge on any atom is 0.252 e. The lowest BCUT2D eigenvalue weighted by atomic mass is 9.96. The maximum absolute atomic E-state index is 12.5. The Balaban J connectivity index is 1.16. The fourth-order valence-corrected chi connectivity index (χ4v) is 5.43. The average Bonchev–Trinajstić information content (AvgIpc) is 3.21. The van der Waals surface area contributed by atoms with Crippen LogP contribution in [0, 0.1) is 0 Å². The highest BCUT2D eigenvalue weighted by molar-refractivity contribution is 7.10. The number of methoxy groups -OCH3 is 1. The number of hydrogen-bond acceptors (Lipinski definition) is 5. The highest BCUT2D eigenvalue weighted by Gasteiger charge is 2.20. The summed E-state index contributed by atoms with van der Waals surface area (Å²) in [6.07, 6.45) is 5.70. The highest BCUT2D eigenvalue weighted by Crippen LogP contribution is 2.30. The fourth-order valence-electron chi connectivity index (χ4n) is 4.31. The molecular weight excluding hydrogens is 382 g/mol. The minimum absolute atomic E-state index is 0.119. The van der Waals surface area contributed by atoms with Gasteiger partial charge in [-0.05, 0) is 68.5 Å². The Bertz CT molecular complexity index is 810. The first-order chi connectivity index (χ1) is 14.2. The predicted octanol–water partition coefficient (Wildman–Crippen LogP) is 3.58. The minimum Gasteiger partial charge on any atom is -0.497 e. The van der Waals surface area contributed by atoms with Crippen molar-refractivity contribution in [2.45, 2.75) is 32.1 Å². The van der Waals surface area contributed by atoms with Gasteiger partial charge in [-0.2, -0.15) is 0 Å². The number of fused-ring (bicyclic) bond motifs is 1. The molecule has 1 aliphatic heterocycles. The molecule has 1 aliphatic carbocycles. The fraction of sp³-hybridized carbons (Fsp3) is 0.522. The predicted molar refractivity (Wildman–Crippen MR) is 120 cm³/mol. The Kier molecular flexibility index (Phi) is 6.72. The summed E-state index contributed by atoms with van der Waals surface area (Å²) in [6, 6.07) is 8.31. The third-order valence-corrected chi connectivity index (χ3v) is 7.14. The number of carbonyl (C=O) groups excluding carboxylic acids is 1. The van der Waals surface area contributed by atoms with Crippen molar-refractivity contribution < 1.29 is 9.53 Å². The van der Waals surface area contributed by atoms with Crippen LogP contribution in [0.3, 0.4) is 0 Å². The van der Waals surface area contributed by atoms with Crippen molar-refractivity contribution in [3.8, 4) is 5.75 Å². The van der Waals surface area contributed by atoms with E-state index in [9.17, 15) is 4.79 Å². The summed E-state index contributed by atoms with van der Waals surface area (Å²) in [7, 11) is 1.70. The lowest BCUT2D eigenvalue weighted by Crippen LogP contribution is -2.47. The van der Waals surface area contributed by atoms with Crippen LogP contribution < -0.4 is 15.0 Å². The van der Waals surface area contributed by atoms with Gasteiger partial charge in [0.15, 0.2) is 0 Å². The largest absolute Gasteiger partial charge is 0.497 e. The second kappa shape index (κ2) is 9.63. The number of anilines is 1. The van der Waals surface area contributed by atoms with Gasteiger partial charge in [-0.25, -0.2) is 0 Å². The zero-order valence-corrected chi connectivity index (χ0v) is 18.1. The molecule has 1 saturated heterocycles. The standard InChI is InChI=1S/C23H31N3O2S/c1-28-19-9-7-18(8-10-19)26-15-13-25(14-16-26)12-4-11-24-23(27)21-17-29-22-6-3-2-5-20(21)22/h7-10,17H,2-6,11-16H2,1H3,(H,24,27). The van der Waals surface area contributed by atoms with Gasteiger partial charge in [0.1, 0.15) is 5.75 Å². The Morgan fingerprint density at radius 3 is 2.62 bits per heavy atom. The van der Waals surface area contributed by atoms with E-state index in [0.717, 1.165) is 69.8 Å². The second-order valence-corrected chi connectivity index (χ2v) is 8.86. The van der Waals surface area contributed by atoms with Crippen molar-refractivity contribution in [2.24, 2.45) is 0 Å². The number of hydrogen-bond donors (Lipinski definition) is 1. The molecule has 0 atom stereocenters. The lowest BCUT2D eigenvalue weighted by molar-refractivity contribution is 0.0951. The van der Waals surface area contributed by atoms with E-state index in [4.69, 9.17) is 4.74 Å². The molecule has 0 saturated carbocycles. The van der Waals surface area contributed by atoms with E-state index in [1.165, 1.54) is 29.0 Å². The van der Waals surface area contributed by atoms with Crippen LogP contribution in [0.4, 0.5) is 5.69 Å². The molecule has 156 valence electrons. The molecule has 1 aromatic carbocycles. The summed E-state index contributed by atoms with van der Waals surface area (Å²) in [6.45, 7) is 6.01. The van der Waals surface area contributed by atoms with Crippen molar-refractivity contribution in [2.75, 3.05) is 51.3 Å². The highest BCUT2D eigenvalue weighted by atomic mass is 32.1. The molecule has 0 spiro atoms. The quantitative estimate of drug-likeness (QED) is 0.705. The molecule has 1 N–H and O–H groups in total. The van der Waals surface area contributed by atoms with Crippen LogP contribution in [0.25, 0.3) is 0 Å². The smallest absolute Gasteiger partial charge is 0.252 e. The van der Waals surface area contributed by atoms with Crippen LogP contribution in [-0.4, -0.2) is 57.2 Å². The molecule has 1 aromatic heterocycles. The van der Waals surface area contributed by atoms with E-state index in [2.05, 4.69) is 32.6 Å². The van der Waals surface area contributed by atoms with Gasteiger partial charge in [0, 0.05) is 48.7 Å². The van der Waals surface area contributed by atoms with E-state index in [-0.39, 0.29) is 5.91 Å². The van der Waals surface area contributed by atoms with Gasteiger partial charge in [0.2, 0.25) is 0 Å². The third kappa shape index (κ3) is 4.93. The number of piperazine rings is 1. The van der Waals surface area contributed by atoms with Gasteiger partial charge in [0.05, 0.1) is 12.7 Å². The Morgan fingerprint density at radius 2 is 1.86 bits per heavy atom. The molecule has 2 aromatic rings. The van der Waals surface area contributed by atoms with Crippen LogP contribution in [0.2, 0.25) is 0 Å². The van der Waals surface area contributed by atoms with E-state index >= 15 is 0 Å². The van der Waals surface area contributed by atoms with E-state index < -0.39 is 0 Å². The van der Waals surface area contributed by atoms with Gasteiger partial charge in [-0.1, -0.05) is 0 Å². The van der Waals surface area contributed by atoms with Crippen LogP contribution in [-0.2, 0) is 12.8 Å². The molecule has 6 heteroatoms. The number of benzene rings is 1. The number of nitrogens with one attached hydrogen (secondary N) is 1. The number of thiophene rings is 1. The van der Waals surface area contributed by atoms with Crippen LogP contribution >= 0.6 is 11.3 Å². The van der Waals surface area contributed by atoms with Crippen LogP contribution in [0.5, 0.6) is 5.75 Å². The number of rotatable bonds is 7. The summed E-state index contributed by atoms with van der Waals surface area (Å²) in [4.78, 5) is 18.9. The molecule has 5 nitrogen and oxygen atoms in total. The van der Waals surface area contributed by atoms with Crippen molar-refractivity contribution in [1.82, 2.24) is 10.2 Å². The molecule has 0 bridgehead atoms. The normalized spacial score (nSPS) is 17.1. The van der Waals surface area contributed by atoms with Crippen molar-refractivity contribution >= 4 is 22.9 Å². The van der Waals surface area contributed by atoms with Gasteiger partial charge in [-0.15, -0.1) is 11.3 Å². The van der Waals surface area contributed by atoms with Gasteiger partial charge in [-0.3, -0.25) is 9.69 Å². The summed E-state index contributed by atoms with van der Waals surface area (Å²) in [5, 5.41) is 5.20. The average molecular weight is 414 g/mol. The first-order valence-electron chi connectivity index (χ1n) is 10.7. The molecule has 1 fully saturated rings. The first kappa shape index (κ1) is 20.2. The molecule has 0 unspecified atom stereocenters. The van der Waals surface area contributed by atoms with E-state index in [1.54, 1.807) is 18.4 Å². The summed E-state index contributed by atoms with van der Waals surface area (Å²) < 4.78 is 5.24. The number of nitrogens with zero attached hydrogens (tertiary/aromatic N) is 2. The summed E-state index contributed by atoms with van der Waals surface area (Å²) in [5.74, 6) is 1.02. The van der Waals surface area contributed by atoms with Crippen molar-refractivity contribution in [3.05, 3.63) is 45.6 Å². The molecule has 29 heavy (non-hydrogen) atoms. The number of amides is 1. The van der Waals surface area contributed by atoms with Crippen LogP contribution in [0.15, 0.2) is 29.6 Å². The molecule has 0 radical (unpaired) electrons. The van der Waals surface area contributed by atoms with Gasteiger partial charge >= 0.3 is 0 Å². The monoisotopic (exact) mass is 413 g/mol. The van der Waals surface area contributed by atoms with Crippen LogP contribution in [0.1, 0.15) is 40.1 Å². The zero-order chi connectivity index (χ0) is 20.1. The summed E-state index contributed by atoms with van der Waals surface area (Å²) in [5.41, 5.74) is 3.50. The Morgan fingerprint density at radius 1 is 1.10 bits per heavy atom. The zero-order valence-electron chi connectivity index (χ0n) is 17.3. The third-order valence-electron chi connectivity index (χ3n) is 6.05.